The van der Waals surface area contributed by atoms with Crippen molar-refractivity contribution in [3.63, 3.8) is 0 Å². The molecule has 0 unspecified atom stereocenters. The molecule has 0 spiro atoms. The third-order valence-corrected chi connectivity index (χ3v) is 4.06. The average Bonchev–Trinajstić information content (AvgIpc) is 2.13. The van der Waals surface area contributed by atoms with Crippen molar-refractivity contribution in [2.75, 3.05) is 13.6 Å². The van der Waals surface area contributed by atoms with Crippen molar-refractivity contribution < 1.29 is 0 Å². The summed E-state index contributed by atoms with van der Waals surface area (Å²) in [7, 11) is 2.32. The Balaban J connectivity index is 2.35. The van der Waals surface area contributed by atoms with Crippen LogP contribution in [-0.2, 0) is 0 Å². The fourth-order valence-corrected chi connectivity index (χ4v) is 3.53. The predicted octanol–water partition coefficient (Wildman–Crippen LogP) is 4.96. The first kappa shape index (κ1) is 16.0. The molecule has 0 bridgehead atoms. The second-order valence-corrected chi connectivity index (χ2v) is 8.92. The van der Waals surface area contributed by atoms with E-state index in [0.29, 0.717) is 10.8 Å². The van der Waals surface area contributed by atoms with Gasteiger partial charge in [0.15, 0.2) is 0 Å². The van der Waals surface area contributed by atoms with Crippen LogP contribution in [0.25, 0.3) is 0 Å². The van der Waals surface area contributed by atoms with E-state index in [9.17, 15) is 0 Å². The van der Waals surface area contributed by atoms with Crippen molar-refractivity contribution in [1.82, 2.24) is 4.90 Å². The molecule has 1 rings (SSSR count). The summed E-state index contributed by atoms with van der Waals surface area (Å²) in [5.41, 5.74) is 0.936. The molecule has 1 nitrogen and oxygen atoms in total. The molecular weight excluding hydrogens is 218 g/mol. The zero-order valence-corrected chi connectivity index (χ0v) is 13.8. The summed E-state index contributed by atoms with van der Waals surface area (Å²) in [6.45, 7) is 15.4. The van der Waals surface area contributed by atoms with Crippen LogP contribution >= 0.6 is 0 Å². The highest BCUT2D eigenvalue weighted by molar-refractivity contribution is 4.82. The molecule has 0 aromatic rings. The largest absolute Gasteiger partial charge is 0.303 e. The zero-order chi connectivity index (χ0) is 14.0. The average molecular weight is 253 g/mol. The molecule has 0 saturated heterocycles. The van der Waals surface area contributed by atoms with Crippen molar-refractivity contribution in [1.29, 1.82) is 0 Å². The maximum absolute atomic E-state index is 2.60. The van der Waals surface area contributed by atoms with E-state index in [-0.39, 0.29) is 0 Å². The first-order valence-electron chi connectivity index (χ1n) is 7.77. The summed E-state index contributed by atoms with van der Waals surface area (Å²) in [5, 5.41) is 0. The fourth-order valence-electron chi connectivity index (χ4n) is 3.53. The third-order valence-electron chi connectivity index (χ3n) is 4.06. The van der Waals surface area contributed by atoms with Gasteiger partial charge in [-0.15, -0.1) is 0 Å². The molecule has 1 aliphatic carbocycles. The van der Waals surface area contributed by atoms with Crippen molar-refractivity contribution >= 4 is 0 Å². The Hall–Kier alpha value is -0.0400. The van der Waals surface area contributed by atoms with Crippen molar-refractivity contribution in [2.45, 2.75) is 79.7 Å². The Labute approximate surface area is 115 Å². The van der Waals surface area contributed by atoms with Gasteiger partial charge in [0.25, 0.3) is 0 Å². The van der Waals surface area contributed by atoms with E-state index >= 15 is 0 Å². The van der Waals surface area contributed by atoms with E-state index in [2.05, 4.69) is 53.5 Å². The van der Waals surface area contributed by atoms with Crippen molar-refractivity contribution in [3.05, 3.63) is 0 Å². The van der Waals surface area contributed by atoms with Crippen LogP contribution in [0.1, 0.15) is 73.6 Å². The van der Waals surface area contributed by atoms with Gasteiger partial charge in [-0.25, -0.2) is 0 Å². The first-order valence-corrected chi connectivity index (χ1v) is 7.77. The highest BCUT2D eigenvalue weighted by Gasteiger charge is 2.28. The van der Waals surface area contributed by atoms with Crippen molar-refractivity contribution in [2.24, 2.45) is 16.7 Å². The Kier molecular flexibility index (Phi) is 5.29. The molecule has 108 valence electrons. The summed E-state index contributed by atoms with van der Waals surface area (Å²) in [6, 6.07) is 0.834. The number of hydrogen-bond acceptors (Lipinski definition) is 1. The van der Waals surface area contributed by atoms with Crippen LogP contribution in [0.4, 0.5) is 0 Å². The summed E-state index contributed by atoms with van der Waals surface area (Å²) in [4.78, 5) is 2.60. The first-order chi connectivity index (χ1) is 8.07. The van der Waals surface area contributed by atoms with E-state index in [1.807, 2.05) is 0 Å². The van der Waals surface area contributed by atoms with Gasteiger partial charge in [0.05, 0.1) is 0 Å². The topological polar surface area (TPSA) is 3.24 Å². The molecule has 0 aromatic heterocycles. The maximum atomic E-state index is 2.60. The molecule has 0 aliphatic heterocycles. The van der Waals surface area contributed by atoms with Crippen LogP contribution in [-0.4, -0.2) is 24.5 Å². The second-order valence-electron chi connectivity index (χ2n) is 8.92. The molecule has 0 aromatic carbocycles. The smallest absolute Gasteiger partial charge is 0.00926 e. The van der Waals surface area contributed by atoms with Crippen LogP contribution in [0.2, 0.25) is 0 Å². The molecule has 1 heteroatoms. The standard InChI is InChI=1S/C17H35N/c1-16(2,3)12-14-8-10-15(11-9-14)18(7)13-17(4,5)6/h14-15H,8-13H2,1-7H3. The molecule has 0 heterocycles. The lowest BCUT2D eigenvalue weighted by molar-refractivity contribution is 0.114. The van der Waals surface area contributed by atoms with Gasteiger partial charge in [-0.2, -0.15) is 0 Å². The van der Waals surface area contributed by atoms with E-state index in [1.165, 1.54) is 38.6 Å². The summed E-state index contributed by atoms with van der Waals surface area (Å²) >= 11 is 0. The highest BCUT2D eigenvalue weighted by atomic mass is 15.1. The van der Waals surface area contributed by atoms with Crippen LogP contribution in [0.5, 0.6) is 0 Å². The molecule has 18 heavy (non-hydrogen) atoms. The molecule has 0 N–H and O–H groups in total. The predicted molar refractivity (Wildman–Crippen MR) is 81.9 cm³/mol. The lowest BCUT2D eigenvalue weighted by Crippen LogP contribution is -2.40. The van der Waals surface area contributed by atoms with Crippen LogP contribution in [0, 0.1) is 16.7 Å². The fraction of sp³-hybridized carbons (Fsp3) is 1.00. The molecule has 1 fully saturated rings. The molecule has 1 saturated carbocycles. The minimum atomic E-state index is 0.428. The lowest BCUT2D eigenvalue weighted by atomic mass is 9.76. The molecule has 0 amide bonds. The van der Waals surface area contributed by atoms with Gasteiger partial charge in [0.2, 0.25) is 0 Å². The minimum Gasteiger partial charge on any atom is -0.303 e. The number of nitrogens with zero attached hydrogens (tertiary/aromatic N) is 1. The number of hydrogen-bond donors (Lipinski definition) is 0. The normalized spacial score (nSPS) is 26.7. The highest BCUT2D eigenvalue weighted by Crippen LogP contribution is 2.35. The Bertz CT molecular complexity index is 235. The van der Waals surface area contributed by atoms with E-state index in [0.717, 1.165) is 12.0 Å². The van der Waals surface area contributed by atoms with Gasteiger partial charge in [-0.1, -0.05) is 41.5 Å². The van der Waals surface area contributed by atoms with Gasteiger partial charge in [0, 0.05) is 12.6 Å². The summed E-state index contributed by atoms with van der Waals surface area (Å²) in [6.07, 6.45) is 7.11. The van der Waals surface area contributed by atoms with Gasteiger partial charge in [-0.05, 0) is 55.9 Å². The van der Waals surface area contributed by atoms with Crippen molar-refractivity contribution in [3.8, 4) is 0 Å². The van der Waals surface area contributed by atoms with Crippen LogP contribution in [0.3, 0.4) is 0 Å². The molecule has 0 radical (unpaired) electrons. The Morgan fingerprint density at radius 1 is 0.833 bits per heavy atom. The maximum Gasteiger partial charge on any atom is 0.00926 e. The monoisotopic (exact) mass is 253 g/mol. The van der Waals surface area contributed by atoms with E-state index in [4.69, 9.17) is 0 Å². The van der Waals surface area contributed by atoms with Gasteiger partial charge in [-0.3, -0.25) is 0 Å². The summed E-state index contributed by atoms with van der Waals surface area (Å²) in [5.74, 6) is 0.976. The SMILES string of the molecule is CN(CC(C)(C)C)C1CCC(CC(C)(C)C)CC1. The summed E-state index contributed by atoms with van der Waals surface area (Å²) < 4.78 is 0. The van der Waals surface area contributed by atoms with Crippen LogP contribution < -0.4 is 0 Å². The molecule has 1 aliphatic rings. The van der Waals surface area contributed by atoms with Gasteiger partial charge >= 0.3 is 0 Å². The zero-order valence-electron chi connectivity index (χ0n) is 13.8. The number of rotatable bonds is 3. The van der Waals surface area contributed by atoms with E-state index < -0.39 is 0 Å². The lowest BCUT2D eigenvalue weighted by Gasteiger charge is -2.39. The quantitative estimate of drug-likeness (QED) is 0.687. The third kappa shape index (κ3) is 6.22. The van der Waals surface area contributed by atoms with E-state index in [1.54, 1.807) is 0 Å². The van der Waals surface area contributed by atoms with Gasteiger partial charge in [0.1, 0.15) is 0 Å². The molecule has 0 atom stereocenters. The Morgan fingerprint density at radius 3 is 1.72 bits per heavy atom. The Morgan fingerprint density at radius 2 is 1.33 bits per heavy atom. The second kappa shape index (κ2) is 5.94. The van der Waals surface area contributed by atoms with Gasteiger partial charge < -0.3 is 4.90 Å². The minimum absolute atomic E-state index is 0.428. The van der Waals surface area contributed by atoms with Crippen LogP contribution in [0.15, 0.2) is 0 Å². The molecular formula is C17H35N.